The molecule has 5 atom stereocenters. The predicted octanol–water partition coefficient (Wildman–Crippen LogP) is 6.35. The number of anilines is 3. The highest BCUT2D eigenvalue weighted by atomic mass is 28.3. The van der Waals surface area contributed by atoms with E-state index in [4.69, 9.17) is 14.2 Å². The van der Waals surface area contributed by atoms with Crippen molar-refractivity contribution in [3.63, 3.8) is 0 Å². The molecule has 1 unspecified atom stereocenters. The van der Waals surface area contributed by atoms with E-state index in [-0.39, 0.29) is 36.0 Å². The first kappa shape index (κ1) is 35.7. The van der Waals surface area contributed by atoms with Crippen LogP contribution < -0.4 is 19.7 Å². The monoisotopic (exact) mass is 743 g/mol. The van der Waals surface area contributed by atoms with Crippen LogP contribution in [-0.2, 0) is 26.4 Å². The second kappa shape index (κ2) is 14.2. The van der Waals surface area contributed by atoms with Gasteiger partial charge in [0.1, 0.15) is 12.4 Å². The van der Waals surface area contributed by atoms with E-state index in [1.165, 1.54) is 5.19 Å². The van der Waals surface area contributed by atoms with Gasteiger partial charge in [-0.25, -0.2) is 4.79 Å². The molecule has 11 nitrogen and oxygen atoms in total. The van der Waals surface area contributed by atoms with Crippen LogP contribution in [0, 0.1) is 5.92 Å². The topological polar surface area (TPSA) is 119 Å². The van der Waals surface area contributed by atoms with Crippen molar-refractivity contribution in [1.82, 2.24) is 15.0 Å². The van der Waals surface area contributed by atoms with E-state index in [1.54, 1.807) is 16.9 Å². The number of methoxy groups -OCH3 is 1. The van der Waals surface area contributed by atoms with Crippen molar-refractivity contribution in [3.05, 3.63) is 126 Å². The summed E-state index contributed by atoms with van der Waals surface area (Å²) in [7, 11) is -0.752. The zero-order chi connectivity index (χ0) is 37.6. The Morgan fingerprint density at radius 2 is 1.69 bits per heavy atom. The lowest BCUT2D eigenvalue weighted by Crippen LogP contribution is -2.51. The van der Waals surface area contributed by atoms with Crippen LogP contribution in [0.25, 0.3) is 0 Å². The summed E-state index contributed by atoms with van der Waals surface area (Å²) < 4.78 is 20.0. The molecule has 0 radical (unpaired) electrons. The van der Waals surface area contributed by atoms with E-state index < -0.39 is 19.8 Å². The van der Waals surface area contributed by atoms with Crippen LogP contribution in [0.4, 0.5) is 21.9 Å². The summed E-state index contributed by atoms with van der Waals surface area (Å²) in [4.78, 5) is 31.5. The van der Waals surface area contributed by atoms with Crippen LogP contribution in [0.1, 0.15) is 36.1 Å². The van der Waals surface area contributed by atoms with Gasteiger partial charge in [-0.1, -0.05) is 91.1 Å². The van der Waals surface area contributed by atoms with Gasteiger partial charge >= 0.3 is 6.09 Å². The lowest BCUT2D eigenvalue weighted by atomic mass is 9.82. The van der Waals surface area contributed by atoms with Gasteiger partial charge in [0.15, 0.2) is 5.60 Å². The molecule has 1 spiro atoms. The van der Waals surface area contributed by atoms with E-state index in [0.29, 0.717) is 37.5 Å². The molecule has 3 aliphatic heterocycles. The number of cyclic esters (lactones) is 1. The summed E-state index contributed by atoms with van der Waals surface area (Å²) in [5.74, 6) is 0.118. The molecule has 5 aromatic rings. The molecular weight excluding hydrogens is 699 g/mol. The molecule has 8 rings (SSSR count). The number of nitrogens with zero attached hydrogens (tertiary/aromatic N) is 5. The van der Waals surface area contributed by atoms with Gasteiger partial charge in [0, 0.05) is 35.6 Å². The maximum absolute atomic E-state index is 15.3. The quantitative estimate of drug-likeness (QED) is 0.156. The number of aliphatic hydroxyl groups is 1. The fourth-order valence-electron chi connectivity index (χ4n) is 9.02. The fourth-order valence-corrected chi connectivity index (χ4v) is 13.1. The Morgan fingerprint density at radius 1 is 0.963 bits per heavy atom. The van der Waals surface area contributed by atoms with Crippen molar-refractivity contribution >= 4 is 42.3 Å². The smallest absolute Gasteiger partial charge is 0.414 e. The summed E-state index contributed by atoms with van der Waals surface area (Å²) in [6, 6.07) is 33.6. The third kappa shape index (κ3) is 5.89. The molecule has 2 fully saturated rings. The van der Waals surface area contributed by atoms with Gasteiger partial charge in [-0.3, -0.25) is 19.3 Å². The Kier molecular flexibility index (Phi) is 9.37. The molecule has 3 aliphatic rings. The molecule has 0 bridgehead atoms. The highest BCUT2D eigenvalue weighted by Crippen LogP contribution is 2.61. The number of carbonyl (C=O) groups is 2. The number of ether oxygens (including phenoxy) is 3. The second-order valence-corrected chi connectivity index (χ2v) is 19.6. The number of hydrogen-bond acceptors (Lipinski definition) is 8. The maximum atomic E-state index is 15.3. The van der Waals surface area contributed by atoms with Crippen LogP contribution in [-0.4, -0.2) is 73.1 Å². The lowest BCUT2D eigenvalue weighted by molar-refractivity contribution is -0.145. The van der Waals surface area contributed by atoms with Crippen LogP contribution >= 0.6 is 0 Å². The Balaban J connectivity index is 1.20. The van der Waals surface area contributed by atoms with Gasteiger partial charge in [-0.2, -0.15) is 0 Å². The number of hydrogen-bond donors (Lipinski definition) is 1. The first-order valence-electron chi connectivity index (χ1n) is 18.5. The summed E-state index contributed by atoms with van der Waals surface area (Å²) in [5.41, 5.74) is 3.26. The minimum Gasteiger partial charge on any atom is -0.497 e. The minimum absolute atomic E-state index is 0.00340. The van der Waals surface area contributed by atoms with E-state index in [1.807, 2.05) is 102 Å². The van der Waals surface area contributed by atoms with Crippen LogP contribution in [0.15, 0.2) is 109 Å². The van der Waals surface area contributed by atoms with Crippen molar-refractivity contribution < 1.29 is 28.9 Å². The van der Waals surface area contributed by atoms with Crippen LogP contribution in [0.2, 0.25) is 18.6 Å². The maximum Gasteiger partial charge on any atom is 0.414 e. The van der Waals surface area contributed by atoms with Crippen molar-refractivity contribution in [1.29, 1.82) is 0 Å². The molecule has 1 N–H and O–H groups in total. The first-order valence-corrected chi connectivity index (χ1v) is 21.6. The summed E-state index contributed by atoms with van der Waals surface area (Å²) in [6.45, 7) is 8.03. The number of benzene rings is 4. The molecule has 278 valence electrons. The molecule has 4 aromatic carbocycles. The predicted molar refractivity (Wildman–Crippen MR) is 208 cm³/mol. The molecule has 2 amide bonds. The summed E-state index contributed by atoms with van der Waals surface area (Å²) in [5, 5.41) is 20.5. The lowest BCUT2D eigenvalue weighted by Gasteiger charge is -2.37. The number of rotatable bonds is 11. The van der Waals surface area contributed by atoms with Gasteiger partial charge in [0.25, 0.3) is 5.91 Å². The Hall–Kier alpha value is -5.30. The first-order chi connectivity index (χ1) is 26.2. The minimum atomic E-state index is -2.42. The molecule has 12 heteroatoms. The van der Waals surface area contributed by atoms with Gasteiger partial charge < -0.3 is 19.3 Å². The normalized spacial score (nSPS) is 22.9. The Morgan fingerprint density at radius 3 is 2.35 bits per heavy atom. The number of carbonyl (C=O) groups excluding carboxylic acids is 2. The molecule has 4 heterocycles. The second-order valence-electron chi connectivity index (χ2n) is 14.9. The molecule has 54 heavy (non-hydrogen) atoms. The SMILES string of the molecule is COc1ccc([Si](C)(C)[C@@H]2[C@@H](CCn3cc(C(CO)c4ccccc4)nn3)O[C@]3(C(=O)N(c4ccccc4)c4ccc(N5CCOC5=O)cc43)[C@H]2C)cc1. The number of amides is 2. The van der Waals surface area contributed by atoms with E-state index in [2.05, 4.69) is 42.5 Å². The van der Waals surface area contributed by atoms with Crippen molar-refractivity contribution in [3.8, 4) is 5.75 Å². The van der Waals surface area contributed by atoms with Crippen LogP contribution in [0.3, 0.4) is 0 Å². The van der Waals surface area contributed by atoms with E-state index in [9.17, 15) is 9.90 Å². The largest absolute Gasteiger partial charge is 0.497 e. The summed E-state index contributed by atoms with van der Waals surface area (Å²) >= 11 is 0. The van der Waals surface area contributed by atoms with Gasteiger partial charge in [-0.15, -0.1) is 5.10 Å². The van der Waals surface area contributed by atoms with Crippen molar-refractivity contribution in [2.75, 3.05) is 36.7 Å². The molecule has 1 aromatic heterocycles. The fraction of sp³-hybridized carbons (Fsp3) is 0.333. The van der Waals surface area contributed by atoms with Gasteiger partial charge in [0.2, 0.25) is 0 Å². The highest BCUT2D eigenvalue weighted by Gasteiger charge is 2.66. The van der Waals surface area contributed by atoms with E-state index in [0.717, 1.165) is 28.3 Å². The average molecular weight is 744 g/mol. The average Bonchev–Trinajstić information content (AvgIpc) is 3.97. The number of aromatic nitrogens is 3. The third-order valence-corrected chi connectivity index (χ3v) is 16.1. The number of fused-ring (bicyclic) bond motifs is 2. The molecule has 2 saturated heterocycles. The van der Waals surface area contributed by atoms with Gasteiger partial charge in [0.05, 0.1) is 51.7 Å². The zero-order valence-corrected chi connectivity index (χ0v) is 32.0. The van der Waals surface area contributed by atoms with Crippen molar-refractivity contribution in [2.45, 2.75) is 56.1 Å². The van der Waals surface area contributed by atoms with E-state index >= 15 is 4.79 Å². The van der Waals surface area contributed by atoms with Gasteiger partial charge in [-0.05, 0) is 60.0 Å². The third-order valence-electron chi connectivity index (χ3n) is 11.8. The Bertz CT molecular complexity index is 2150. The number of aliphatic hydroxyl groups excluding tert-OH is 1. The van der Waals surface area contributed by atoms with Crippen molar-refractivity contribution in [2.24, 2.45) is 5.92 Å². The highest BCUT2D eigenvalue weighted by molar-refractivity contribution is 6.91. The molecule has 0 saturated carbocycles. The standard InChI is InChI=1S/C42H45N5O6Si/c1-28-39(54(3,4)33-18-16-32(51-2)17-19-33)38(21-22-45-26-36(43-44-45)34(27-48)29-11-7-5-8-12-29)53-42(28)35-25-31(46-23-24-52-41(46)50)15-20-37(35)47(40(42)49)30-13-9-6-10-14-30/h5-20,25-26,28,34,38-39,48H,21-24,27H2,1-4H3/t28-,34?,38+,39-,42+/m0/s1. The molecular formula is C42H45N5O6Si. The molecule has 0 aliphatic carbocycles. The zero-order valence-electron chi connectivity index (χ0n) is 31.0. The number of aryl methyl sites for hydroxylation is 1. The van der Waals surface area contributed by atoms with Crippen LogP contribution in [0.5, 0.6) is 5.75 Å². The Labute approximate surface area is 316 Å². The number of para-hydroxylation sites is 1. The summed E-state index contributed by atoms with van der Waals surface area (Å²) in [6.07, 6.45) is 1.75.